The van der Waals surface area contributed by atoms with E-state index >= 15 is 0 Å². The average Bonchev–Trinajstić information content (AvgIpc) is 2.82. The molecule has 0 saturated heterocycles. The van der Waals surface area contributed by atoms with Crippen molar-refractivity contribution in [3.05, 3.63) is 34.9 Å². The fourth-order valence-electron chi connectivity index (χ4n) is 5.26. The Balaban J connectivity index is 1.76. The van der Waals surface area contributed by atoms with Crippen molar-refractivity contribution in [1.82, 2.24) is 0 Å². The molecule has 1 saturated carbocycles. The van der Waals surface area contributed by atoms with Crippen molar-refractivity contribution in [2.45, 2.75) is 52.4 Å². The van der Waals surface area contributed by atoms with Gasteiger partial charge in [0.1, 0.15) is 5.75 Å². The minimum Gasteiger partial charge on any atom is -0.497 e. The van der Waals surface area contributed by atoms with Crippen molar-refractivity contribution in [3.63, 3.8) is 0 Å². The molecule has 4 rings (SSSR count). The van der Waals surface area contributed by atoms with Gasteiger partial charge in [0.25, 0.3) is 0 Å². The quantitative estimate of drug-likeness (QED) is 0.684. The van der Waals surface area contributed by atoms with Crippen molar-refractivity contribution in [3.8, 4) is 5.75 Å². The first-order valence-electron chi connectivity index (χ1n) is 8.49. The van der Waals surface area contributed by atoms with Crippen LogP contribution in [0.3, 0.4) is 0 Å². The van der Waals surface area contributed by atoms with E-state index in [2.05, 4.69) is 32.0 Å². The molecule has 0 aliphatic heterocycles. The molecule has 2 atom stereocenters. The second-order valence-electron chi connectivity index (χ2n) is 7.81. The van der Waals surface area contributed by atoms with Gasteiger partial charge in [-0.15, -0.1) is 0 Å². The second-order valence-corrected chi connectivity index (χ2v) is 7.81. The Morgan fingerprint density at radius 1 is 1.10 bits per heavy atom. The van der Waals surface area contributed by atoms with Crippen LogP contribution in [-0.4, -0.2) is 7.11 Å². The summed E-state index contributed by atoms with van der Waals surface area (Å²) in [6, 6.07) is 6.70. The Hall–Kier alpha value is -1.24. The Kier molecular flexibility index (Phi) is 2.96. The summed E-state index contributed by atoms with van der Waals surface area (Å²) in [6.45, 7) is 4.98. The highest BCUT2D eigenvalue weighted by Gasteiger charge is 2.46. The highest BCUT2D eigenvalue weighted by Crippen LogP contribution is 2.57. The fourth-order valence-corrected chi connectivity index (χ4v) is 5.26. The summed E-state index contributed by atoms with van der Waals surface area (Å²) in [5, 5.41) is 0. The van der Waals surface area contributed by atoms with Gasteiger partial charge in [-0.3, -0.25) is 0 Å². The molecule has 0 bridgehead atoms. The number of hydrogen-bond acceptors (Lipinski definition) is 1. The molecule has 0 spiro atoms. The first-order chi connectivity index (χ1) is 10.1. The predicted molar refractivity (Wildman–Crippen MR) is 87.5 cm³/mol. The zero-order valence-electron chi connectivity index (χ0n) is 13.5. The molecule has 1 aromatic rings. The van der Waals surface area contributed by atoms with E-state index in [-0.39, 0.29) is 0 Å². The number of fused-ring (bicyclic) bond motifs is 4. The molecule has 1 heteroatoms. The summed E-state index contributed by atoms with van der Waals surface area (Å²) in [6.07, 6.45) is 8.00. The number of methoxy groups -OCH3 is 1. The van der Waals surface area contributed by atoms with E-state index in [0.29, 0.717) is 5.41 Å². The third-order valence-electron chi connectivity index (χ3n) is 6.43. The molecule has 3 aliphatic carbocycles. The van der Waals surface area contributed by atoms with Crippen molar-refractivity contribution in [2.24, 2.45) is 17.3 Å². The van der Waals surface area contributed by atoms with Gasteiger partial charge in [0.05, 0.1) is 7.11 Å². The second kappa shape index (κ2) is 4.63. The van der Waals surface area contributed by atoms with Crippen molar-refractivity contribution < 1.29 is 4.74 Å². The van der Waals surface area contributed by atoms with Crippen LogP contribution in [0.4, 0.5) is 0 Å². The highest BCUT2D eigenvalue weighted by molar-refractivity contribution is 5.75. The van der Waals surface area contributed by atoms with Crippen LogP contribution in [0.1, 0.15) is 57.1 Å². The maximum atomic E-state index is 5.40. The van der Waals surface area contributed by atoms with Gasteiger partial charge in [-0.2, -0.15) is 0 Å². The van der Waals surface area contributed by atoms with Gasteiger partial charge < -0.3 is 4.74 Å². The molecule has 1 aromatic carbocycles. The standard InChI is InChI=1S/C20H26O/c1-20(2)11-10-18-17-6-4-13-12-14(21-3)5-7-15(13)16(17)8-9-19(18)20/h5,7,12,18-19H,4,6,8-11H2,1-3H3/t18-,19-/m0/s1. The average molecular weight is 282 g/mol. The van der Waals surface area contributed by atoms with E-state index in [1.807, 2.05) is 5.57 Å². The van der Waals surface area contributed by atoms with Crippen LogP contribution in [0.2, 0.25) is 0 Å². The van der Waals surface area contributed by atoms with Crippen LogP contribution in [0.25, 0.3) is 5.57 Å². The molecule has 3 aliphatic rings. The molecule has 0 N–H and O–H groups in total. The molecular formula is C20H26O. The van der Waals surface area contributed by atoms with Gasteiger partial charge in [-0.05, 0) is 84.6 Å². The normalized spacial score (nSPS) is 29.7. The van der Waals surface area contributed by atoms with Crippen molar-refractivity contribution in [2.75, 3.05) is 7.11 Å². The summed E-state index contributed by atoms with van der Waals surface area (Å²) in [5.74, 6) is 2.81. The molecule has 112 valence electrons. The van der Waals surface area contributed by atoms with E-state index in [0.717, 1.165) is 17.6 Å². The minimum atomic E-state index is 0.559. The van der Waals surface area contributed by atoms with Gasteiger partial charge in [-0.25, -0.2) is 0 Å². The van der Waals surface area contributed by atoms with Crippen LogP contribution in [0.15, 0.2) is 23.8 Å². The largest absolute Gasteiger partial charge is 0.497 e. The fraction of sp³-hybridized carbons (Fsp3) is 0.600. The van der Waals surface area contributed by atoms with Crippen molar-refractivity contribution in [1.29, 1.82) is 0 Å². The molecule has 0 radical (unpaired) electrons. The molecule has 21 heavy (non-hydrogen) atoms. The summed E-state index contributed by atoms with van der Waals surface area (Å²) in [4.78, 5) is 0. The van der Waals surface area contributed by atoms with Crippen LogP contribution in [0, 0.1) is 17.3 Å². The maximum absolute atomic E-state index is 5.40. The monoisotopic (exact) mass is 282 g/mol. The van der Waals surface area contributed by atoms with Crippen LogP contribution in [0.5, 0.6) is 5.75 Å². The Morgan fingerprint density at radius 2 is 1.95 bits per heavy atom. The number of benzene rings is 1. The highest BCUT2D eigenvalue weighted by atomic mass is 16.5. The Morgan fingerprint density at radius 3 is 2.76 bits per heavy atom. The summed E-state index contributed by atoms with van der Waals surface area (Å²) >= 11 is 0. The molecule has 0 aromatic heterocycles. The lowest BCUT2D eigenvalue weighted by Gasteiger charge is -2.39. The predicted octanol–water partition coefficient (Wildman–Crippen LogP) is 5.24. The topological polar surface area (TPSA) is 9.23 Å². The third-order valence-corrected chi connectivity index (χ3v) is 6.43. The van der Waals surface area contributed by atoms with Gasteiger partial charge >= 0.3 is 0 Å². The van der Waals surface area contributed by atoms with E-state index in [1.165, 1.54) is 49.7 Å². The molecule has 0 heterocycles. The molecule has 1 fully saturated rings. The van der Waals surface area contributed by atoms with E-state index < -0.39 is 0 Å². The molecule has 1 nitrogen and oxygen atoms in total. The SMILES string of the molecule is COc1ccc2c(c1)CCC1=C2CC[C@H]2[C@H]1CCC2(C)C. The van der Waals surface area contributed by atoms with Gasteiger partial charge in [0.15, 0.2) is 0 Å². The van der Waals surface area contributed by atoms with Gasteiger partial charge in [-0.1, -0.05) is 25.5 Å². The van der Waals surface area contributed by atoms with E-state index in [4.69, 9.17) is 4.74 Å². The molecule has 0 unspecified atom stereocenters. The van der Waals surface area contributed by atoms with Crippen molar-refractivity contribution >= 4 is 5.57 Å². The summed E-state index contributed by atoms with van der Waals surface area (Å²) in [5.41, 5.74) is 7.10. The number of hydrogen-bond donors (Lipinski definition) is 0. The number of ether oxygens (including phenoxy) is 1. The number of allylic oxidation sites excluding steroid dienone is 2. The van der Waals surface area contributed by atoms with Gasteiger partial charge in [0.2, 0.25) is 0 Å². The maximum Gasteiger partial charge on any atom is 0.119 e. The zero-order valence-corrected chi connectivity index (χ0v) is 13.5. The van der Waals surface area contributed by atoms with E-state index in [9.17, 15) is 0 Å². The molecule has 0 amide bonds. The summed E-state index contributed by atoms with van der Waals surface area (Å²) in [7, 11) is 1.76. The number of rotatable bonds is 1. The van der Waals surface area contributed by atoms with Gasteiger partial charge in [0, 0.05) is 0 Å². The minimum absolute atomic E-state index is 0.559. The first kappa shape index (κ1) is 13.4. The van der Waals surface area contributed by atoms with Crippen LogP contribution >= 0.6 is 0 Å². The lowest BCUT2D eigenvalue weighted by molar-refractivity contribution is 0.211. The van der Waals surface area contributed by atoms with Crippen LogP contribution < -0.4 is 4.74 Å². The third kappa shape index (κ3) is 1.97. The number of aryl methyl sites for hydroxylation is 1. The lowest BCUT2D eigenvalue weighted by Crippen LogP contribution is -2.28. The Labute approximate surface area is 128 Å². The summed E-state index contributed by atoms with van der Waals surface area (Å²) < 4.78 is 5.40. The van der Waals surface area contributed by atoms with E-state index in [1.54, 1.807) is 12.7 Å². The van der Waals surface area contributed by atoms with Crippen LogP contribution in [-0.2, 0) is 6.42 Å². The first-order valence-corrected chi connectivity index (χ1v) is 8.49. The lowest BCUT2D eigenvalue weighted by atomic mass is 9.65. The molecular weight excluding hydrogens is 256 g/mol. The zero-order chi connectivity index (χ0) is 14.6. The smallest absolute Gasteiger partial charge is 0.119 e. The Bertz CT molecular complexity index is 608.